The van der Waals surface area contributed by atoms with Gasteiger partial charge in [-0.25, -0.2) is 0 Å². The van der Waals surface area contributed by atoms with E-state index in [9.17, 15) is 5.11 Å². The average Bonchev–Trinajstić information content (AvgIpc) is 2.61. The van der Waals surface area contributed by atoms with E-state index in [-0.39, 0.29) is 24.1 Å². The molecule has 2 aromatic carbocycles. The highest BCUT2D eigenvalue weighted by Crippen LogP contribution is 2.36. The van der Waals surface area contributed by atoms with E-state index in [1.54, 1.807) is 0 Å². The smallest absolute Gasteiger partial charge is 0.134 e. The predicted octanol–water partition coefficient (Wildman–Crippen LogP) is 4.09. The lowest BCUT2D eigenvalue weighted by Crippen LogP contribution is -2.24. The number of aromatic hydroxyl groups is 1. The van der Waals surface area contributed by atoms with Gasteiger partial charge in [0.15, 0.2) is 0 Å². The molecule has 1 heterocycles. The van der Waals surface area contributed by atoms with Crippen LogP contribution in [-0.4, -0.2) is 30.1 Å². The topological polar surface area (TPSA) is 23.5 Å². The van der Waals surface area contributed by atoms with E-state index in [1.807, 2.05) is 18.2 Å². The molecule has 0 bridgehead atoms. The molecule has 0 saturated heterocycles. The van der Waals surface area contributed by atoms with Crippen LogP contribution in [0.25, 0.3) is 0 Å². The summed E-state index contributed by atoms with van der Waals surface area (Å²) in [5.74, 6) is 0.456. The number of phenolic OH excluding ortho intramolecular Hbond substituents is 1. The number of hydrogen-bond donors (Lipinski definition) is 1. The fourth-order valence-corrected chi connectivity index (χ4v) is 3.13. The second-order valence-electron chi connectivity index (χ2n) is 5.48. The molecule has 2 nitrogen and oxygen atoms in total. The van der Waals surface area contributed by atoms with Crippen LogP contribution in [0.1, 0.15) is 22.6 Å². The van der Waals surface area contributed by atoms with Crippen molar-refractivity contribution >= 4 is 24.0 Å². The molecule has 0 saturated carbocycles. The second kappa shape index (κ2) is 6.69. The standard InChI is InChI=1S/C17H18ClNO.ClH/c1-19-8-7-13-9-16(18)17(20)10-14(13)15(11-19)12-5-3-2-4-6-12;/h2-6,9-10,15,20H,7-8,11H2,1H3;1H/t15-;/m0./s1. The molecule has 4 heteroatoms. The molecule has 0 aliphatic carbocycles. The number of benzene rings is 2. The van der Waals surface area contributed by atoms with Crippen LogP contribution < -0.4 is 0 Å². The minimum absolute atomic E-state index is 0. The molecule has 1 atom stereocenters. The third-order valence-electron chi connectivity index (χ3n) is 4.04. The van der Waals surface area contributed by atoms with E-state index in [4.69, 9.17) is 11.6 Å². The average molecular weight is 324 g/mol. The Morgan fingerprint density at radius 2 is 1.90 bits per heavy atom. The predicted molar refractivity (Wildman–Crippen MR) is 89.9 cm³/mol. The monoisotopic (exact) mass is 323 g/mol. The van der Waals surface area contributed by atoms with E-state index in [2.05, 4.69) is 36.2 Å². The highest BCUT2D eigenvalue weighted by molar-refractivity contribution is 6.32. The first-order chi connectivity index (χ1) is 9.65. The third-order valence-corrected chi connectivity index (χ3v) is 4.35. The van der Waals surface area contributed by atoms with Crippen molar-refractivity contribution in [2.45, 2.75) is 12.3 Å². The molecule has 112 valence electrons. The quantitative estimate of drug-likeness (QED) is 0.854. The largest absolute Gasteiger partial charge is 0.506 e. The molecule has 0 fully saturated rings. The molecule has 2 aromatic rings. The third kappa shape index (κ3) is 3.34. The molecular formula is C17H19Cl2NO. The summed E-state index contributed by atoms with van der Waals surface area (Å²) >= 11 is 6.07. The van der Waals surface area contributed by atoms with E-state index in [1.165, 1.54) is 16.7 Å². The molecule has 1 aliphatic heterocycles. The summed E-state index contributed by atoms with van der Waals surface area (Å²) in [4.78, 5) is 2.34. The van der Waals surface area contributed by atoms with E-state index < -0.39 is 0 Å². The van der Waals surface area contributed by atoms with Gasteiger partial charge in [0.05, 0.1) is 5.02 Å². The van der Waals surface area contributed by atoms with Gasteiger partial charge in [0, 0.05) is 19.0 Å². The summed E-state index contributed by atoms with van der Waals surface area (Å²) < 4.78 is 0. The van der Waals surface area contributed by atoms with Crippen molar-refractivity contribution in [1.29, 1.82) is 0 Å². The van der Waals surface area contributed by atoms with Crippen LogP contribution in [0.4, 0.5) is 0 Å². The number of likely N-dealkylation sites (N-methyl/N-ethyl adjacent to an activating group) is 1. The molecule has 1 aliphatic rings. The van der Waals surface area contributed by atoms with Crippen LogP contribution in [-0.2, 0) is 6.42 Å². The number of fused-ring (bicyclic) bond motifs is 1. The number of phenols is 1. The first-order valence-electron chi connectivity index (χ1n) is 6.90. The molecular weight excluding hydrogens is 305 g/mol. The van der Waals surface area contributed by atoms with E-state index in [0.717, 1.165) is 19.5 Å². The van der Waals surface area contributed by atoms with Crippen LogP contribution >= 0.6 is 24.0 Å². The summed E-state index contributed by atoms with van der Waals surface area (Å²) in [6.45, 7) is 1.97. The van der Waals surface area contributed by atoms with Gasteiger partial charge in [0.2, 0.25) is 0 Å². The molecule has 0 spiro atoms. The van der Waals surface area contributed by atoms with Crippen LogP contribution in [0.2, 0.25) is 5.02 Å². The Balaban J connectivity index is 0.00000161. The molecule has 0 aromatic heterocycles. The SMILES string of the molecule is CN1CCc2cc(Cl)c(O)cc2[C@H](c2ccccc2)C1.Cl. The summed E-state index contributed by atoms with van der Waals surface area (Å²) in [5, 5.41) is 10.4. The van der Waals surface area contributed by atoms with E-state index >= 15 is 0 Å². The summed E-state index contributed by atoms with van der Waals surface area (Å²) in [5.41, 5.74) is 3.72. The zero-order valence-corrected chi connectivity index (χ0v) is 13.5. The lowest BCUT2D eigenvalue weighted by atomic mass is 9.88. The van der Waals surface area contributed by atoms with Crippen molar-refractivity contribution < 1.29 is 5.11 Å². The number of rotatable bonds is 1. The number of hydrogen-bond acceptors (Lipinski definition) is 2. The number of nitrogens with zero attached hydrogens (tertiary/aromatic N) is 1. The lowest BCUT2D eigenvalue weighted by Gasteiger charge is -2.22. The van der Waals surface area contributed by atoms with Crippen molar-refractivity contribution in [3.63, 3.8) is 0 Å². The first kappa shape index (κ1) is 16.2. The fourth-order valence-electron chi connectivity index (χ4n) is 2.94. The van der Waals surface area contributed by atoms with Gasteiger partial charge in [0.25, 0.3) is 0 Å². The van der Waals surface area contributed by atoms with Gasteiger partial charge in [0.1, 0.15) is 5.75 Å². The van der Waals surface area contributed by atoms with Gasteiger partial charge in [-0.1, -0.05) is 41.9 Å². The lowest BCUT2D eigenvalue weighted by molar-refractivity contribution is 0.338. The van der Waals surface area contributed by atoms with Crippen LogP contribution in [0.3, 0.4) is 0 Å². The van der Waals surface area contributed by atoms with Gasteiger partial charge >= 0.3 is 0 Å². The van der Waals surface area contributed by atoms with E-state index in [0.29, 0.717) is 5.02 Å². The molecule has 3 rings (SSSR count). The van der Waals surface area contributed by atoms with Gasteiger partial charge in [-0.15, -0.1) is 12.4 Å². The summed E-state index contributed by atoms with van der Waals surface area (Å²) in [6.07, 6.45) is 0.967. The maximum atomic E-state index is 9.95. The Hall–Kier alpha value is -1.22. The van der Waals surface area contributed by atoms with Gasteiger partial charge in [-0.3, -0.25) is 0 Å². The fraction of sp³-hybridized carbons (Fsp3) is 0.294. The molecule has 1 N–H and O–H groups in total. The summed E-state index contributed by atoms with van der Waals surface area (Å²) in [7, 11) is 2.14. The molecule has 0 radical (unpaired) electrons. The van der Waals surface area contributed by atoms with Crippen molar-refractivity contribution in [3.8, 4) is 5.75 Å². The maximum absolute atomic E-state index is 9.95. The Labute approximate surface area is 136 Å². The Morgan fingerprint density at radius 1 is 1.19 bits per heavy atom. The molecule has 0 amide bonds. The van der Waals surface area contributed by atoms with Gasteiger partial charge < -0.3 is 10.0 Å². The molecule has 0 unspecified atom stereocenters. The Kier molecular flexibility index (Phi) is 5.15. The minimum atomic E-state index is 0. The second-order valence-corrected chi connectivity index (χ2v) is 5.89. The zero-order valence-electron chi connectivity index (χ0n) is 11.9. The molecule has 21 heavy (non-hydrogen) atoms. The Bertz CT molecular complexity index is 616. The van der Waals surface area contributed by atoms with Crippen molar-refractivity contribution in [2.24, 2.45) is 0 Å². The number of halogens is 2. The van der Waals surface area contributed by atoms with Crippen LogP contribution in [0.15, 0.2) is 42.5 Å². The van der Waals surface area contributed by atoms with Crippen molar-refractivity contribution in [2.75, 3.05) is 20.1 Å². The first-order valence-corrected chi connectivity index (χ1v) is 7.27. The van der Waals surface area contributed by atoms with Crippen molar-refractivity contribution in [3.05, 3.63) is 64.2 Å². The zero-order chi connectivity index (χ0) is 14.1. The van der Waals surface area contributed by atoms with Crippen molar-refractivity contribution in [1.82, 2.24) is 4.90 Å². The summed E-state index contributed by atoms with van der Waals surface area (Å²) in [6, 6.07) is 14.2. The maximum Gasteiger partial charge on any atom is 0.134 e. The minimum Gasteiger partial charge on any atom is -0.506 e. The Morgan fingerprint density at radius 3 is 2.62 bits per heavy atom. The highest BCUT2D eigenvalue weighted by atomic mass is 35.5. The van der Waals surface area contributed by atoms with Crippen LogP contribution in [0, 0.1) is 0 Å². The normalized spacial score (nSPS) is 18.5. The van der Waals surface area contributed by atoms with Crippen LogP contribution in [0.5, 0.6) is 5.75 Å². The van der Waals surface area contributed by atoms with Gasteiger partial charge in [-0.2, -0.15) is 0 Å². The highest BCUT2D eigenvalue weighted by Gasteiger charge is 2.24. The van der Waals surface area contributed by atoms with Gasteiger partial charge in [-0.05, 0) is 42.3 Å².